The van der Waals surface area contributed by atoms with Crippen LogP contribution in [0.4, 0.5) is 0 Å². The first-order valence-corrected chi connectivity index (χ1v) is 7.64. The molecule has 0 N–H and O–H groups in total. The molecule has 0 spiro atoms. The minimum absolute atomic E-state index is 0.481. The average Bonchev–Trinajstić information content (AvgIpc) is 2.03. The molecular weight excluding hydrogens is 223 g/mol. The lowest BCUT2D eigenvalue weighted by atomic mass is 10.8. The van der Waals surface area contributed by atoms with Crippen LogP contribution in [0.25, 0.3) is 0 Å². The van der Waals surface area contributed by atoms with Gasteiger partial charge in [-0.25, -0.2) is 0 Å². The van der Waals surface area contributed by atoms with Crippen LogP contribution in [0.3, 0.4) is 0 Å². The van der Waals surface area contributed by atoms with Crippen LogP contribution in [0, 0.1) is 0 Å². The van der Waals surface area contributed by atoms with Gasteiger partial charge in [-0.1, -0.05) is 12.2 Å². The summed E-state index contributed by atoms with van der Waals surface area (Å²) in [6.45, 7) is 3.38. The fraction of sp³-hybridized carbons (Fsp3) is 0.500. The lowest BCUT2D eigenvalue weighted by Crippen LogP contribution is -2.06. The molecule has 14 heavy (non-hydrogen) atoms. The molecule has 4 nitrogen and oxygen atoms in total. The zero-order chi connectivity index (χ0) is 11.2. The van der Waals surface area contributed by atoms with E-state index in [-0.39, 0.29) is 0 Å². The first-order chi connectivity index (χ1) is 6.39. The Morgan fingerprint density at radius 1 is 1.21 bits per heavy atom. The standard InChI is InChI=1S/C8H15O4PS/c1-4-6-13(9,7-5-2)8-14(10,11)12-3/h4-7H,8H2,1-3H3/b6-4+,7-5+. The van der Waals surface area contributed by atoms with Crippen LogP contribution in [0.1, 0.15) is 13.8 Å². The van der Waals surface area contributed by atoms with E-state index < -0.39 is 22.8 Å². The summed E-state index contributed by atoms with van der Waals surface area (Å²) >= 11 is 0. The van der Waals surface area contributed by atoms with Gasteiger partial charge in [0.05, 0.1) is 7.11 Å². The van der Waals surface area contributed by atoms with Crippen molar-refractivity contribution in [3.8, 4) is 0 Å². The van der Waals surface area contributed by atoms with Gasteiger partial charge in [0.2, 0.25) is 0 Å². The Balaban J connectivity index is 4.99. The summed E-state index contributed by atoms with van der Waals surface area (Å²) in [4.78, 5) is 0. The van der Waals surface area contributed by atoms with Crippen LogP contribution in [0.15, 0.2) is 23.8 Å². The molecule has 0 aromatic heterocycles. The van der Waals surface area contributed by atoms with E-state index in [2.05, 4.69) is 4.18 Å². The van der Waals surface area contributed by atoms with Gasteiger partial charge in [-0.2, -0.15) is 8.42 Å². The van der Waals surface area contributed by atoms with Crippen LogP contribution in [0.5, 0.6) is 0 Å². The molecular formula is C8H15O4PS. The van der Waals surface area contributed by atoms with Crippen molar-refractivity contribution < 1.29 is 17.2 Å². The fourth-order valence-corrected chi connectivity index (χ4v) is 5.14. The minimum atomic E-state index is -3.69. The summed E-state index contributed by atoms with van der Waals surface area (Å²) in [5, 5.41) is 0. The first-order valence-electron chi connectivity index (χ1n) is 4.03. The highest BCUT2D eigenvalue weighted by Crippen LogP contribution is 2.50. The van der Waals surface area contributed by atoms with Crippen LogP contribution >= 0.6 is 7.14 Å². The molecule has 82 valence electrons. The smallest absolute Gasteiger partial charge is 0.274 e. The summed E-state index contributed by atoms with van der Waals surface area (Å²) < 4.78 is 38.4. The molecule has 0 radical (unpaired) electrons. The van der Waals surface area contributed by atoms with Gasteiger partial charge in [0.15, 0.2) is 0 Å². The second-order valence-corrected chi connectivity index (χ2v) is 7.46. The summed E-state index contributed by atoms with van der Waals surface area (Å²) in [5.74, 6) is 2.81. The number of allylic oxidation sites excluding steroid dienone is 2. The zero-order valence-corrected chi connectivity index (χ0v) is 10.2. The second-order valence-electron chi connectivity index (χ2n) is 2.67. The van der Waals surface area contributed by atoms with Gasteiger partial charge in [-0.3, -0.25) is 4.18 Å². The predicted octanol–water partition coefficient (Wildman–Crippen LogP) is 2.35. The summed E-state index contributed by atoms with van der Waals surface area (Å²) in [7, 11) is -5.56. The second kappa shape index (κ2) is 5.49. The van der Waals surface area contributed by atoms with E-state index in [0.29, 0.717) is 0 Å². The maximum Gasteiger partial charge on any atom is 0.274 e. The van der Waals surface area contributed by atoms with Gasteiger partial charge in [0.1, 0.15) is 12.6 Å². The highest BCUT2D eigenvalue weighted by atomic mass is 32.2. The Morgan fingerprint density at radius 3 is 1.93 bits per heavy atom. The third kappa shape index (κ3) is 4.74. The third-order valence-corrected chi connectivity index (χ3v) is 6.41. The van der Waals surface area contributed by atoms with Crippen molar-refractivity contribution in [2.45, 2.75) is 13.8 Å². The van der Waals surface area contributed by atoms with Crippen molar-refractivity contribution in [3.63, 3.8) is 0 Å². The maximum atomic E-state index is 12.0. The molecule has 0 unspecified atom stereocenters. The quantitative estimate of drug-likeness (QED) is 0.545. The fourth-order valence-electron chi connectivity index (χ4n) is 0.940. The topological polar surface area (TPSA) is 60.4 Å². The molecule has 0 saturated carbocycles. The Bertz CT molecular complexity index is 351. The lowest BCUT2D eigenvalue weighted by molar-refractivity contribution is 0.401. The Labute approximate surface area is 85.2 Å². The van der Waals surface area contributed by atoms with Gasteiger partial charge in [-0.15, -0.1) is 0 Å². The largest absolute Gasteiger partial charge is 0.314 e. The van der Waals surface area contributed by atoms with E-state index in [1.54, 1.807) is 26.0 Å². The molecule has 0 bridgehead atoms. The first kappa shape index (κ1) is 13.6. The molecule has 0 aliphatic heterocycles. The molecule has 0 aliphatic rings. The van der Waals surface area contributed by atoms with Crippen molar-refractivity contribution in [3.05, 3.63) is 23.8 Å². The SMILES string of the molecule is C/C=C/P(=O)(/C=C/C)CS(=O)(=O)OC. The minimum Gasteiger partial charge on any atom is -0.314 e. The highest BCUT2D eigenvalue weighted by molar-refractivity contribution is 7.96. The van der Waals surface area contributed by atoms with Gasteiger partial charge in [0.25, 0.3) is 10.1 Å². The maximum absolute atomic E-state index is 12.0. The van der Waals surface area contributed by atoms with E-state index in [0.717, 1.165) is 7.11 Å². The van der Waals surface area contributed by atoms with Gasteiger partial charge >= 0.3 is 0 Å². The molecule has 6 heteroatoms. The normalized spacial score (nSPS) is 14.2. The van der Waals surface area contributed by atoms with Crippen molar-refractivity contribution in [1.82, 2.24) is 0 Å². The number of hydrogen-bond donors (Lipinski definition) is 0. The van der Waals surface area contributed by atoms with Crippen molar-refractivity contribution in [2.75, 3.05) is 12.6 Å². The third-order valence-electron chi connectivity index (χ3n) is 1.42. The lowest BCUT2D eigenvalue weighted by Gasteiger charge is -2.08. The number of hydrogen-bond acceptors (Lipinski definition) is 4. The van der Waals surface area contributed by atoms with Crippen LogP contribution in [-0.2, 0) is 18.9 Å². The molecule has 0 atom stereocenters. The summed E-state index contributed by atoms with van der Waals surface area (Å²) in [6, 6.07) is 0. The average molecular weight is 238 g/mol. The molecule has 0 aromatic rings. The summed E-state index contributed by atoms with van der Waals surface area (Å²) in [6.07, 6.45) is 3.15. The molecule has 0 heterocycles. The molecule has 0 fully saturated rings. The predicted molar refractivity (Wildman–Crippen MR) is 58.0 cm³/mol. The number of rotatable bonds is 5. The van der Waals surface area contributed by atoms with Crippen LogP contribution in [0.2, 0.25) is 0 Å². The Hall–Kier alpha value is -0.380. The van der Waals surface area contributed by atoms with Crippen molar-refractivity contribution in [2.24, 2.45) is 0 Å². The zero-order valence-electron chi connectivity index (χ0n) is 8.50. The summed E-state index contributed by atoms with van der Waals surface area (Å²) in [5.41, 5.74) is -0.481. The van der Waals surface area contributed by atoms with E-state index >= 15 is 0 Å². The Kier molecular flexibility index (Phi) is 5.34. The van der Waals surface area contributed by atoms with E-state index in [9.17, 15) is 13.0 Å². The van der Waals surface area contributed by atoms with E-state index in [4.69, 9.17) is 0 Å². The van der Waals surface area contributed by atoms with Gasteiger partial charge < -0.3 is 4.57 Å². The van der Waals surface area contributed by atoms with E-state index in [1.165, 1.54) is 11.6 Å². The highest BCUT2D eigenvalue weighted by Gasteiger charge is 2.23. The molecule has 0 amide bonds. The van der Waals surface area contributed by atoms with Crippen LogP contribution in [-0.4, -0.2) is 21.0 Å². The van der Waals surface area contributed by atoms with Crippen molar-refractivity contribution in [1.29, 1.82) is 0 Å². The molecule has 0 rings (SSSR count). The molecule has 0 saturated heterocycles. The monoisotopic (exact) mass is 238 g/mol. The van der Waals surface area contributed by atoms with Crippen LogP contribution < -0.4 is 0 Å². The molecule has 0 aromatic carbocycles. The Morgan fingerprint density at radius 2 is 1.64 bits per heavy atom. The molecule has 0 aliphatic carbocycles. The van der Waals surface area contributed by atoms with Gasteiger partial charge in [0, 0.05) is 0 Å². The van der Waals surface area contributed by atoms with Crippen molar-refractivity contribution >= 4 is 17.3 Å². The van der Waals surface area contributed by atoms with Gasteiger partial charge in [-0.05, 0) is 25.5 Å². The van der Waals surface area contributed by atoms with E-state index in [1.807, 2.05) is 0 Å².